The van der Waals surface area contributed by atoms with Gasteiger partial charge in [-0.2, -0.15) is 0 Å². The van der Waals surface area contributed by atoms with E-state index in [1.165, 1.54) is 18.4 Å². The van der Waals surface area contributed by atoms with Crippen molar-refractivity contribution in [1.82, 2.24) is 5.32 Å². The monoisotopic (exact) mass is 205 g/mol. The fourth-order valence-corrected chi connectivity index (χ4v) is 1.95. The fourth-order valence-electron chi connectivity index (χ4n) is 1.95. The summed E-state index contributed by atoms with van der Waals surface area (Å²) in [5, 5.41) is 12.6. The van der Waals surface area contributed by atoms with Gasteiger partial charge in [-0.05, 0) is 31.2 Å². The molecule has 0 aromatic heterocycles. The Bertz CT molecular complexity index is 295. The average molecular weight is 205 g/mol. The molecule has 1 aromatic rings. The Labute approximate surface area is 91.3 Å². The van der Waals surface area contributed by atoms with E-state index in [2.05, 4.69) is 29.6 Å². The summed E-state index contributed by atoms with van der Waals surface area (Å²) in [6.07, 6.45) is 2.62. The molecule has 0 radical (unpaired) electrons. The summed E-state index contributed by atoms with van der Waals surface area (Å²) in [6, 6.07) is 11.1. The lowest BCUT2D eigenvalue weighted by Crippen LogP contribution is -2.34. The highest BCUT2D eigenvalue weighted by Crippen LogP contribution is 2.41. The van der Waals surface area contributed by atoms with Crippen molar-refractivity contribution in [1.29, 1.82) is 0 Å². The van der Waals surface area contributed by atoms with Gasteiger partial charge in [0.05, 0.1) is 6.61 Å². The van der Waals surface area contributed by atoms with Crippen molar-refractivity contribution in [3.8, 4) is 0 Å². The molecule has 1 aromatic carbocycles. The Hall–Kier alpha value is -0.860. The molecule has 2 heteroatoms. The van der Waals surface area contributed by atoms with Gasteiger partial charge < -0.3 is 10.4 Å². The molecule has 0 aliphatic heterocycles. The van der Waals surface area contributed by atoms with Crippen LogP contribution in [0, 0.1) is 5.92 Å². The van der Waals surface area contributed by atoms with Crippen LogP contribution in [0.3, 0.4) is 0 Å². The van der Waals surface area contributed by atoms with E-state index in [0.717, 1.165) is 5.92 Å². The zero-order valence-corrected chi connectivity index (χ0v) is 9.19. The summed E-state index contributed by atoms with van der Waals surface area (Å²) in [4.78, 5) is 0. The zero-order chi connectivity index (χ0) is 10.7. The highest BCUT2D eigenvalue weighted by molar-refractivity contribution is 5.21. The number of aliphatic hydroxyl groups excluding tert-OH is 1. The lowest BCUT2D eigenvalue weighted by atomic mass is 10.0. The summed E-state index contributed by atoms with van der Waals surface area (Å²) in [5.41, 5.74) is 1.35. The van der Waals surface area contributed by atoms with Crippen LogP contribution < -0.4 is 5.32 Å². The minimum Gasteiger partial charge on any atom is -0.395 e. The van der Waals surface area contributed by atoms with Gasteiger partial charge in [-0.15, -0.1) is 0 Å². The van der Waals surface area contributed by atoms with E-state index < -0.39 is 0 Å². The van der Waals surface area contributed by atoms with E-state index in [0.29, 0.717) is 6.04 Å². The van der Waals surface area contributed by atoms with E-state index in [1.54, 1.807) is 0 Å². The van der Waals surface area contributed by atoms with Crippen LogP contribution in [-0.4, -0.2) is 17.8 Å². The van der Waals surface area contributed by atoms with Gasteiger partial charge in [-0.1, -0.05) is 30.3 Å². The number of rotatable bonds is 5. The normalized spacial score (nSPS) is 19.9. The van der Waals surface area contributed by atoms with E-state index in [4.69, 9.17) is 5.11 Å². The molecular formula is C13H19NO. The molecule has 0 heterocycles. The van der Waals surface area contributed by atoms with E-state index in [9.17, 15) is 0 Å². The largest absolute Gasteiger partial charge is 0.395 e. The van der Waals surface area contributed by atoms with Gasteiger partial charge in [0, 0.05) is 12.1 Å². The molecule has 1 fully saturated rings. The fraction of sp³-hybridized carbons (Fsp3) is 0.538. The maximum atomic E-state index is 9.07. The van der Waals surface area contributed by atoms with Crippen molar-refractivity contribution in [3.63, 3.8) is 0 Å². The van der Waals surface area contributed by atoms with Gasteiger partial charge in [0.2, 0.25) is 0 Å². The Morgan fingerprint density at radius 3 is 2.53 bits per heavy atom. The lowest BCUT2D eigenvalue weighted by Gasteiger charge is -2.22. The first-order valence-electron chi connectivity index (χ1n) is 5.73. The lowest BCUT2D eigenvalue weighted by molar-refractivity contribution is 0.236. The molecule has 1 aliphatic carbocycles. The summed E-state index contributed by atoms with van der Waals surface area (Å²) >= 11 is 0. The molecule has 1 saturated carbocycles. The number of benzene rings is 1. The highest BCUT2D eigenvalue weighted by Gasteiger charge is 2.32. The number of hydrogen-bond acceptors (Lipinski definition) is 2. The Morgan fingerprint density at radius 2 is 2.00 bits per heavy atom. The zero-order valence-electron chi connectivity index (χ0n) is 9.19. The predicted molar refractivity (Wildman–Crippen MR) is 61.6 cm³/mol. The van der Waals surface area contributed by atoms with Crippen LogP contribution in [0.4, 0.5) is 0 Å². The molecule has 1 aliphatic rings. The molecule has 82 valence electrons. The van der Waals surface area contributed by atoms with Crippen LogP contribution in [0.1, 0.15) is 31.4 Å². The Balaban J connectivity index is 2.06. The van der Waals surface area contributed by atoms with Crippen molar-refractivity contribution >= 4 is 0 Å². The summed E-state index contributed by atoms with van der Waals surface area (Å²) in [6.45, 7) is 2.23. The maximum Gasteiger partial charge on any atom is 0.0582 e. The van der Waals surface area contributed by atoms with E-state index in [-0.39, 0.29) is 12.6 Å². The van der Waals surface area contributed by atoms with Gasteiger partial charge in [-0.25, -0.2) is 0 Å². The van der Waals surface area contributed by atoms with Crippen molar-refractivity contribution < 1.29 is 5.11 Å². The minimum atomic E-state index is 0.177. The number of nitrogens with one attached hydrogen (secondary N) is 1. The molecule has 2 atom stereocenters. The maximum absolute atomic E-state index is 9.07. The van der Waals surface area contributed by atoms with Gasteiger partial charge in [0.15, 0.2) is 0 Å². The molecule has 2 rings (SSSR count). The molecule has 0 spiro atoms. The molecular weight excluding hydrogens is 186 g/mol. The van der Waals surface area contributed by atoms with Crippen molar-refractivity contribution in [2.45, 2.75) is 31.8 Å². The van der Waals surface area contributed by atoms with Crippen LogP contribution in [0.2, 0.25) is 0 Å². The van der Waals surface area contributed by atoms with Gasteiger partial charge in [0.25, 0.3) is 0 Å². The second-order valence-corrected chi connectivity index (χ2v) is 4.48. The topological polar surface area (TPSA) is 32.3 Å². The molecule has 0 bridgehead atoms. The van der Waals surface area contributed by atoms with Crippen LogP contribution in [0.5, 0.6) is 0 Å². The third-order valence-electron chi connectivity index (χ3n) is 2.99. The minimum absolute atomic E-state index is 0.177. The van der Waals surface area contributed by atoms with E-state index in [1.807, 2.05) is 13.0 Å². The summed E-state index contributed by atoms with van der Waals surface area (Å²) in [5.74, 6) is 0.765. The van der Waals surface area contributed by atoms with Crippen LogP contribution in [0.15, 0.2) is 30.3 Å². The van der Waals surface area contributed by atoms with Crippen LogP contribution >= 0.6 is 0 Å². The smallest absolute Gasteiger partial charge is 0.0582 e. The predicted octanol–water partition coefficient (Wildman–Crippen LogP) is 2.11. The van der Waals surface area contributed by atoms with Gasteiger partial charge in [-0.3, -0.25) is 0 Å². The standard InChI is InChI=1S/C13H19NO/c1-10(9-15)14-13(12-7-8-12)11-5-3-2-4-6-11/h2-6,10,12-15H,7-9H2,1H3/t10-,13-/m0/s1. The first kappa shape index (κ1) is 10.7. The third kappa shape index (κ3) is 2.80. The average Bonchev–Trinajstić information content (AvgIpc) is 3.10. The molecule has 15 heavy (non-hydrogen) atoms. The molecule has 2 nitrogen and oxygen atoms in total. The number of hydrogen-bond donors (Lipinski definition) is 2. The van der Waals surface area contributed by atoms with Gasteiger partial charge in [0.1, 0.15) is 0 Å². The van der Waals surface area contributed by atoms with Crippen molar-refractivity contribution in [2.24, 2.45) is 5.92 Å². The van der Waals surface area contributed by atoms with Crippen molar-refractivity contribution in [3.05, 3.63) is 35.9 Å². The first-order valence-corrected chi connectivity index (χ1v) is 5.73. The van der Waals surface area contributed by atoms with Crippen molar-refractivity contribution in [2.75, 3.05) is 6.61 Å². The molecule has 0 unspecified atom stereocenters. The highest BCUT2D eigenvalue weighted by atomic mass is 16.3. The SMILES string of the molecule is C[C@@H](CO)N[C@@H](c1ccccc1)C1CC1. The third-order valence-corrected chi connectivity index (χ3v) is 2.99. The van der Waals surface area contributed by atoms with E-state index >= 15 is 0 Å². The summed E-state index contributed by atoms with van der Waals surface area (Å²) in [7, 11) is 0. The van der Waals surface area contributed by atoms with Crippen LogP contribution in [-0.2, 0) is 0 Å². The Kier molecular flexibility index (Phi) is 3.39. The molecule has 2 N–H and O–H groups in total. The summed E-state index contributed by atoms with van der Waals surface area (Å²) < 4.78 is 0. The van der Waals surface area contributed by atoms with Gasteiger partial charge >= 0.3 is 0 Å². The first-order chi connectivity index (χ1) is 7.31. The molecule has 0 amide bonds. The second kappa shape index (κ2) is 4.77. The quantitative estimate of drug-likeness (QED) is 0.771. The second-order valence-electron chi connectivity index (χ2n) is 4.48. The Morgan fingerprint density at radius 1 is 1.33 bits per heavy atom. The molecule has 0 saturated heterocycles. The number of aliphatic hydroxyl groups is 1. The van der Waals surface area contributed by atoms with Crippen LogP contribution in [0.25, 0.3) is 0 Å².